The van der Waals surface area contributed by atoms with Crippen molar-refractivity contribution >= 4 is 21.8 Å². The molecule has 7 nitrogen and oxygen atoms in total. The molecule has 0 atom stereocenters. The van der Waals surface area contributed by atoms with E-state index in [0.717, 1.165) is 11.8 Å². The smallest absolute Gasteiger partial charge is 0.207 e. The van der Waals surface area contributed by atoms with Crippen molar-refractivity contribution in [1.82, 2.24) is 24.9 Å². The number of nitrogens with one attached hydrogen (secondary N) is 1. The van der Waals surface area contributed by atoms with Crippen LogP contribution >= 0.6 is 11.8 Å². The van der Waals surface area contributed by atoms with E-state index in [9.17, 15) is 12.8 Å². The minimum atomic E-state index is -3.61. The molecule has 1 saturated heterocycles. The van der Waals surface area contributed by atoms with Crippen LogP contribution in [0.25, 0.3) is 11.4 Å². The Morgan fingerprint density at radius 1 is 1.40 bits per heavy atom. The quantitative estimate of drug-likeness (QED) is 0.896. The molecule has 1 aromatic heterocycles. The van der Waals surface area contributed by atoms with E-state index in [1.54, 1.807) is 11.8 Å². The SMILES string of the molecule is O=S(=O)(c1ccc(F)c(-c2nn[nH]n2)c1)N1CCSC1. The molecule has 3 rings (SSSR count). The molecule has 10 heteroatoms. The summed E-state index contributed by atoms with van der Waals surface area (Å²) in [6.45, 7) is 0.460. The summed E-state index contributed by atoms with van der Waals surface area (Å²) in [5, 5.41) is 12.9. The minimum Gasteiger partial charge on any atom is -0.207 e. The number of thioether (sulfide) groups is 1. The van der Waals surface area contributed by atoms with Gasteiger partial charge in [-0.3, -0.25) is 0 Å². The third-order valence-electron chi connectivity index (χ3n) is 2.88. The highest BCUT2D eigenvalue weighted by atomic mass is 32.2. The Balaban J connectivity index is 2.05. The van der Waals surface area contributed by atoms with Crippen LogP contribution in [0, 0.1) is 5.82 Å². The number of nitrogens with zero attached hydrogens (tertiary/aromatic N) is 4. The number of rotatable bonds is 3. The average Bonchev–Trinajstić information content (AvgIpc) is 3.12. The highest BCUT2D eigenvalue weighted by molar-refractivity contribution is 8.00. The van der Waals surface area contributed by atoms with Crippen LogP contribution in [-0.4, -0.2) is 51.5 Å². The van der Waals surface area contributed by atoms with Gasteiger partial charge in [-0.1, -0.05) is 0 Å². The zero-order valence-corrected chi connectivity index (χ0v) is 11.8. The maximum Gasteiger partial charge on any atom is 0.243 e. The Morgan fingerprint density at radius 2 is 2.25 bits per heavy atom. The van der Waals surface area contributed by atoms with E-state index in [0.29, 0.717) is 12.4 Å². The molecule has 2 heterocycles. The first-order valence-electron chi connectivity index (χ1n) is 5.70. The maximum atomic E-state index is 13.8. The molecule has 1 N–H and O–H groups in total. The monoisotopic (exact) mass is 315 g/mol. The fourth-order valence-electron chi connectivity index (χ4n) is 1.85. The van der Waals surface area contributed by atoms with E-state index in [1.807, 2.05) is 0 Å². The van der Waals surface area contributed by atoms with Crippen molar-refractivity contribution in [2.75, 3.05) is 18.2 Å². The molecule has 0 amide bonds. The van der Waals surface area contributed by atoms with Crippen LogP contribution < -0.4 is 0 Å². The van der Waals surface area contributed by atoms with Crippen LogP contribution in [0.1, 0.15) is 0 Å². The normalized spacial score (nSPS) is 16.6. The number of halogens is 1. The van der Waals surface area contributed by atoms with Gasteiger partial charge in [0, 0.05) is 12.3 Å². The first-order valence-corrected chi connectivity index (χ1v) is 8.30. The molecule has 2 aromatic rings. The predicted molar refractivity (Wildman–Crippen MR) is 70.8 cm³/mol. The van der Waals surface area contributed by atoms with E-state index < -0.39 is 15.8 Å². The van der Waals surface area contributed by atoms with Gasteiger partial charge in [-0.05, 0) is 23.4 Å². The van der Waals surface area contributed by atoms with Gasteiger partial charge in [-0.15, -0.1) is 22.0 Å². The molecule has 1 aliphatic rings. The van der Waals surface area contributed by atoms with E-state index in [1.165, 1.54) is 16.4 Å². The Labute approximate surface area is 118 Å². The van der Waals surface area contributed by atoms with Crippen LogP contribution in [0.3, 0.4) is 0 Å². The van der Waals surface area contributed by atoms with Gasteiger partial charge in [-0.25, -0.2) is 12.8 Å². The number of aromatic nitrogens is 4. The van der Waals surface area contributed by atoms with Crippen LogP contribution in [-0.2, 0) is 10.0 Å². The average molecular weight is 315 g/mol. The number of benzene rings is 1. The molecule has 0 spiro atoms. The first-order chi connectivity index (χ1) is 9.59. The molecule has 0 unspecified atom stereocenters. The van der Waals surface area contributed by atoms with E-state index in [-0.39, 0.29) is 16.3 Å². The lowest BCUT2D eigenvalue weighted by molar-refractivity contribution is 0.489. The molecule has 0 radical (unpaired) electrons. The van der Waals surface area contributed by atoms with Gasteiger partial charge in [-0.2, -0.15) is 9.52 Å². The third-order valence-corrected chi connectivity index (χ3v) is 5.85. The summed E-state index contributed by atoms with van der Waals surface area (Å²) in [6.07, 6.45) is 0. The second-order valence-electron chi connectivity index (χ2n) is 4.09. The van der Waals surface area contributed by atoms with Crippen LogP contribution in [0.15, 0.2) is 23.1 Å². The summed E-state index contributed by atoms with van der Waals surface area (Å²) in [5.74, 6) is 0.603. The van der Waals surface area contributed by atoms with Gasteiger partial charge in [0.2, 0.25) is 15.8 Å². The Morgan fingerprint density at radius 3 is 2.90 bits per heavy atom. The molecule has 0 saturated carbocycles. The van der Waals surface area contributed by atoms with E-state index >= 15 is 0 Å². The molecule has 0 aliphatic carbocycles. The fourth-order valence-corrected chi connectivity index (χ4v) is 4.69. The number of H-pyrrole nitrogens is 1. The zero-order chi connectivity index (χ0) is 14.2. The van der Waals surface area contributed by atoms with Gasteiger partial charge in [0.25, 0.3) is 0 Å². The van der Waals surface area contributed by atoms with Crippen LogP contribution in [0.2, 0.25) is 0 Å². The molecule has 1 fully saturated rings. The standard InChI is InChI=1S/C10H10FN5O2S2/c11-9-2-1-7(5-8(9)10-12-14-15-13-10)20(17,18)16-3-4-19-6-16/h1-2,5H,3-4,6H2,(H,12,13,14,15). The molecular weight excluding hydrogens is 305 g/mol. The van der Waals surface area contributed by atoms with E-state index in [4.69, 9.17) is 0 Å². The number of aromatic amines is 1. The highest BCUT2D eigenvalue weighted by Crippen LogP contribution is 2.27. The lowest BCUT2D eigenvalue weighted by Gasteiger charge is -2.15. The molecule has 1 aliphatic heterocycles. The zero-order valence-electron chi connectivity index (χ0n) is 10.2. The number of tetrazole rings is 1. The summed E-state index contributed by atoms with van der Waals surface area (Å²) in [6, 6.07) is 3.58. The van der Waals surface area contributed by atoms with Crippen LogP contribution in [0.4, 0.5) is 4.39 Å². The van der Waals surface area contributed by atoms with Gasteiger partial charge >= 0.3 is 0 Å². The fraction of sp³-hybridized carbons (Fsp3) is 0.300. The van der Waals surface area contributed by atoms with Crippen molar-refractivity contribution in [2.45, 2.75) is 4.90 Å². The largest absolute Gasteiger partial charge is 0.243 e. The van der Waals surface area contributed by atoms with Gasteiger partial charge in [0.15, 0.2) is 0 Å². The molecule has 106 valence electrons. The van der Waals surface area contributed by atoms with Crippen molar-refractivity contribution < 1.29 is 12.8 Å². The number of hydrogen-bond donors (Lipinski definition) is 1. The Hall–Kier alpha value is -1.52. The van der Waals surface area contributed by atoms with Crippen molar-refractivity contribution in [2.24, 2.45) is 0 Å². The van der Waals surface area contributed by atoms with Crippen molar-refractivity contribution in [1.29, 1.82) is 0 Å². The van der Waals surface area contributed by atoms with Gasteiger partial charge in [0.1, 0.15) is 5.82 Å². The third kappa shape index (κ3) is 2.30. The van der Waals surface area contributed by atoms with Gasteiger partial charge < -0.3 is 0 Å². The van der Waals surface area contributed by atoms with Crippen molar-refractivity contribution in [3.63, 3.8) is 0 Å². The van der Waals surface area contributed by atoms with Crippen molar-refractivity contribution in [3.05, 3.63) is 24.0 Å². The minimum absolute atomic E-state index is 0.00618. The van der Waals surface area contributed by atoms with Crippen molar-refractivity contribution in [3.8, 4) is 11.4 Å². The van der Waals surface area contributed by atoms with Gasteiger partial charge in [0.05, 0.1) is 16.3 Å². The second kappa shape index (κ2) is 5.11. The van der Waals surface area contributed by atoms with Crippen LogP contribution in [0.5, 0.6) is 0 Å². The summed E-state index contributed by atoms with van der Waals surface area (Å²) >= 11 is 1.54. The maximum absolute atomic E-state index is 13.8. The summed E-state index contributed by atoms with van der Waals surface area (Å²) in [4.78, 5) is 0.0289. The summed E-state index contributed by atoms with van der Waals surface area (Å²) in [5.41, 5.74) is 0.00618. The Kier molecular flexibility index (Phi) is 3.44. The Bertz CT molecular complexity index is 713. The molecule has 1 aromatic carbocycles. The molecular formula is C10H10FN5O2S2. The second-order valence-corrected chi connectivity index (χ2v) is 7.11. The molecule has 0 bridgehead atoms. The van der Waals surface area contributed by atoms with E-state index in [2.05, 4.69) is 20.6 Å². The topological polar surface area (TPSA) is 91.8 Å². The first kappa shape index (κ1) is 13.5. The molecule has 20 heavy (non-hydrogen) atoms. The lowest BCUT2D eigenvalue weighted by Crippen LogP contribution is -2.28. The predicted octanol–water partition coefficient (Wildman–Crippen LogP) is 0.701. The lowest BCUT2D eigenvalue weighted by atomic mass is 10.2. The summed E-state index contributed by atoms with van der Waals surface area (Å²) in [7, 11) is -3.61. The highest BCUT2D eigenvalue weighted by Gasteiger charge is 2.28. The number of hydrogen-bond acceptors (Lipinski definition) is 6. The number of sulfonamides is 1. The summed E-state index contributed by atoms with van der Waals surface area (Å²) < 4.78 is 39.9.